The van der Waals surface area contributed by atoms with Crippen molar-refractivity contribution in [2.24, 2.45) is 0 Å². The standard InChI is InChI=1S/C22H27FN2O4S/c1-22(2,3)16-7-10-19-18(13-16)25(30(4,27)28)14-20(29-19)21(26)24-12-11-15-5-8-17(23)9-6-15/h5-10,13,20H,11-12,14H2,1-4H3,(H,24,26). The molecule has 2 aromatic carbocycles. The zero-order chi connectivity index (χ0) is 22.1. The SMILES string of the molecule is CC(C)(C)c1ccc2c(c1)N(S(C)(=O)=O)CC(C(=O)NCCc1ccc(F)cc1)O2. The predicted molar refractivity (Wildman–Crippen MR) is 115 cm³/mol. The molecule has 0 fully saturated rings. The van der Waals surface area contributed by atoms with Crippen LogP contribution in [-0.4, -0.2) is 39.8 Å². The summed E-state index contributed by atoms with van der Waals surface area (Å²) in [7, 11) is -3.60. The van der Waals surface area contributed by atoms with E-state index in [-0.39, 0.29) is 17.8 Å². The molecule has 1 atom stereocenters. The van der Waals surface area contributed by atoms with Gasteiger partial charge in [0.1, 0.15) is 11.6 Å². The number of ether oxygens (including phenoxy) is 1. The van der Waals surface area contributed by atoms with E-state index < -0.39 is 22.0 Å². The number of amides is 1. The second-order valence-corrected chi connectivity index (χ2v) is 10.4. The van der Waals surface area contributed by atoms with Crippen molar-refractivity contribution >= 4 is 21.6 Å². The summed E-state index contributed by atoms with van der Waals surface area (Å²) < 4.78 is 44.9. The van der Waals surface area contributed by atoms with Crippen molar-refractivity contribution in [1.29, 1.82) is 0 Å². The molecule has 1 aliphatic heterocycles. The molecular formula is C22H27FN2O4S. The van der Waals surface area contributed by atoms with Gasteiger partial charge in [0.25, 0.3) is 5.91 Å². The number of anilines is 1. The molecule has 0 radical (unpaired) electrons. The maximum absolute atomic E-state index is 13.0. The van der Waals surface area contributed by atoms with E-state index in [0.29, 0.717) is 24.4 Å². The van der Waals surface area contributed by atoms with E-state index in [2.05, 4.69) is 5.32 Å². The van der Waals surface area contributed by atoms with Crippen LogP contribution in [0.5, 0.6) is 5.75 Å². The summed E-state index contributed by atoms with van der Waals surface area (Å²) in [5.41, 5.74) is 2.15. The number of fused-ring (bicyclic) bond motifs is 1. The number of sulfonamides is 1. The van der Waals surface area contributed by atoms with Crippen LogP contribution in [0.1, 0.15) is 31.9 Å². The van der Waals surface area contributed by atoms with Gasteiger partial charge in [0.2, 0.25) is 10.0 Å². The van der Waals surface area contributed by atoms with E-state index in [0.717, 1.165) is 17.4 Å². The Balaban J connectivity index is 1.74. The molecule has 6 nitrogen and oxygen atoms in total. The maximum Gasteiger partial charge on any atom is 0.263 e. The van der Waals surface area contributed by atoms with Gasteiger partial charge in [0.15, 0.2) is 6.10 Å². The van der Waals surface area contributed by atoms with Crippen LogP contribution in [0.15, 0.2) is 42.5 Å². The predicted octanol–water partition coefficient (Wildman–Crippen LogP) is 3.01. The number of halogens is 1. The quantitative estimate of drug-likeness (QED) is 0.785. The number of hydrogen-bond acceptors (Lipinski definition) is 4. The summed E-state index contributed by atoms with van der Waals surface area (Å²) in [6.45, 7) is 6.36. The van der Waals surface area contributed by atoms with Crippen LogP contribution in [0.4, 0.5) is 10.1 Å². The summed E-state index contributed by atoms with van der Waals surface area (Å²) in [6, 6.07) is 11.5. The highest BCUT2D eigenvalue weighted by Gasteiger charge is 2.35. The number of hydrogen-bond donors (Lipinski definition) is 1. The van der Waals surface area contributed by atoms with E-state index in [4.69, 9.17) is 4.74 Å². The zero-order valence-corrected chi connectivity index (χ0v) is 18.4. The fourth-order valence-corrected chi connectivity index (χ4v) is 4.17. The number of carbonyl (C=O) groups excluding carboxylic acids is 1. The summed E-state index contributed by atoms with van der Waals surface area (Å²) in [5.74, 6) is -0.345. The normalized spacial score (nSPS) is 16.6. The van der Waals surface area contributed by atoms with Gasteiger partial charge in [-0.2, -0.15) is 0 Å². The first-order chi connectivity index (χ1) is 13.9. The van der Waals surface area contributed by atoms with Gasteiger partial charge in [-0.1, -0.05) is 39.0 Å². The summed E-state index contributed by atoms with van der Waals surface area (Å²) >= 11 is 0. The third kappa shape index (κ3) is 5.11. The Bertz CT molecular complexity index is 1030. The van der Waals surface area contributed by atoms with E-state index in [1.54, 1.807) is 24.3 Å². The molecule has 8 heteroatoms. The number of rotatable bonds is 5. The molecule has 1 aliphatic rings. The molecule has 0 bridgehead atoms. The van der Waals surface area contributed by atoms with E-state index in [9.17, 15) is 17.6 Å². The largest absolute Gasteiger partial charge is 0.476 e. The molecule has 1 heterocycles. The minimum Gasteiger partial charge on any atom is -0.476 e. The summed E-state index contributed by atoms with van der Waals surface area (Å²) in [5, 5.41) is 2.77. The first kappa shape index (κ1) is 22.1. The van der Waals surface area contributed by atoms with Crippen molar-refractivity contribution in [3.63, 3.8) is 0 Å². The van der Waals surface area contributed by atoms with Crippen LogP contribution in [0.2, 0.25) is 0 Å². The molecule has 1 amide bonds. The fourth-order valence-electron chi connectivity index (χ4n) is 3.26. The van der Waals surface area contributed by atoms with E-state index in [1.807, 2.05) is 26.8 Å². The second kappa shape index (κ2) is 8.26. The van der Waals surface area contributed by atoms with Crippen LogP contribution in [0.3, 0.4) is 0 Å². The Morgan fingerprint density at radius 3 is 2.47 bits per heavy atom. The zero-order valence-electron chi connectivity index (χ0n) is 17.6. The number of benzene rings is 2. The molecular weight excluding hydrogens is 407 g/mol. The smallest absolute Gasteiger partial charge is 0.263 e. The van der Waals surface area contributed by atoms with Gasteiger partial charge in [-0.05, 0) is 47.2 Å². The molecule has 1 N–H and O–H groups in total. The average Bonchev–Trinajstić information content (AvgIpc) is 2.66. The van der Waals surface area contributed by atoms with Gasteiger partial charge in [0.05, 0.1) is 18.5 Å². The molecule has 0 spiro atoms. The lowest BCUT2D eigenvalue weighted by atomic mass is 9.86. The van der Waals surface area contributed by atoms with Gasteiger partial charge >= 0.3 is 0 Å². The highest BCUT2D eigenvalue weighted by atomic mass is 32.2. The lowest BCUT2D eigenvalue weighted by Gasteiger charge is -2.35. The van der Waals surface area contributed by atoms with Crippen LogP contribution in [0, 0.1) is 5.82 Å². The Morgan fingerprint density at radius 2 is 1.87 bits per heavy atom. The van der Waals surface area contributed by atoms with Crippen LogP contribution >= 0.6 is 0 Å². The van der Waals surface area contributed by atoms with Crippen molar-refractivity contribution in [3.05, 3.63) is 59.4 Å². The Labute approximate surface area is 177 Å². The van der Waals surface area contributed by atoms with Crippen molar-refractivity contribution in [2.45, 2.75) is 38.7 Å². The first-order valence-corrected chi connectivity index (χ1v) is 11.6. The number of nitrogens with one attached hydrogen (secondary N) is 1. The van der Waals surface area contributed by atoms with Crippen molar-refractivity contribution < 1.29 is 22.3 Å². The summed E-state index contributed by atoms with van der Waals surface area (Å²) in [6.07, 6.45) is 0.691. The molecule has 0 aromatic heterocycles. The van der Waals surface area contributed by atoms with Gasteiger partial charge in [-0.25, -0.2) is 12.8 Å². The highest BCUT2D eigenvalue weighted by molar-refractivity contribution is 7.92. The highest BCUT2D eigenvalue weighted by Crippen LogP contribution is 2.38. The minimum absolute atomic E-state index is 0.0954. The Hall–Kier alpha value is -2.61. The van der Waals surface area contributed by atoms with Crippen molar-refractivity contribution in [2.75, 3.05) is 23.7 Å². The Kier molecular flexibility index (Phi) is 6.08. The minimum atomic E-state index is -3.60. The third-order valence-corrected chi connectivity index (χ3v) is 6.16. The third-order valence-electron chi connectivity index (χ3n) is 5.01. The topological polar surface area (TPSA) is 75.7 Å². The number of nitrogens with zero attached hydrogens (tertiary/aromatic N) is 1. The second-order valence-electron chi connectivity index (χ2n) is 8.50. The van der Waals surface area contributed by atoms with E-state index >= 15 is 0 Å². The lowest BCUT2D eigenvalue weighted by molar-refractivity contribution is -0.127. The van der Waals surface area contributed by atoms with Crippen LogP contribution in [-0.2, 0) is 26.7 Å². The molecule has 1 unspecified atom stereocenters. The monoisotopic (exact) mass is 434 g/mol. The molecule has 0 aliphatic carbocycles. The first-order valence-electron chi connectivity index (χ1n) is 9.76. The Morgan fingerprint density at radius 1 is 1.20 bits per heavy atom. The van der Waals surface area contributed by atoms with Gasteiger partial charge < -0.3 is 10.1 Å². The molecule has 162 valence electrons. The van der Waals surface area contributed by atoms with Crippen molar-refractivity contribution in [3.8, 4) is 5.75 Å². The molecule has 2 aromatic rings. The summed E-state index contributed by atoms with van der Waals surface area (Å²) in [4.78, 5) is 12.6. The molecule has 30 heavy (non-hydrogen) atoms. The van der Waals surface area contributed by atoms with Crippen molar-refractivity contribution in [1.82, 2.24) is 5.32 Å². The lowest BCUT2D eigenvalue weighted by Crippen LogP contribution is -2.50. The number of carbonyl (C=O) groups is 1. The average molecular weight is 435 g/mol. The van der Waals surface area contributed by atoms with Gasteiger partial charge in [-0.3, -0.25) is 9.10 Å². The van der Waals surface area contributed by atoms with E-state index in [1.165, 1.54) is 16.4 Å². The maximum atomic E-state index is 13.0. The molecule has 3 rings (SSSR count). The molecule has 0 saturated carbocycles. The van der Waals surface area contributed by atoms with Gasteiger partial charge in [0, 0.05) is 6.54 Å². The van der Waals surface area contributed by atoms with Crippen LogP contribution in [0.25, 0.3) is 0 Å². The fraction of sp³-hybridized carbons (Fsp3) is 0.409. The van der Waals surface area contributed by atoms with Gasteiger partial charge in [-0.15, -0.1) is 0 Å². The van der Waals surface area contributed by atoms with Crippen LogP contribution < -0.4 is 14.4 Å². The molecule has 0 saturated heterocycles.